The molecule has 4 heteroatoms. The molecule has 0 aromatic heterocycles. The first-order valence-electron chi connectivity index (χ1n) is 8.75. The third-order valence-corrected chi connectivity index (χ3v) is 5.61. The summed E-state index contributed by atoms with van der Waals surface area (Å²) >= 11 is 0. The number of esters is 1. The van der Waals surface area contributed by atoms with Crippen molar-refractivity contribution in [1.82, 2.24) is 10.2 Å². The lowest BCUT2D eigenvalue weighted by atomic mass is 9.77. The summed E-state index contributed by atoms with van der Waals surface area (Å²) in [5.74, 6) is 0.851. The van der Waals surface area contributed by atoms with Crippen molar-refractivity contribution in [3.8, 4) is 0 Å². The molecule has 0 aromatic rings. The first-order chi connectivity index (χ1) is 10.1. The lowest BCUT2D eigenvalue weighted by Crippen LogP contribution is -2.58. The molecule has 1 saturated heterocycles. The summed E-state index contributed by atoms with van der Waals surface area (Å²) in [6.07, 6.45) is 8.08. The van der Waals surface area contributed by atoms with Crippen LogP contribution in [0, 0.1) is 5.92 Å². The molecule has 21 heavy (non-hydrogen) atoms. The Balaban J connectivity index is 1.97. The maximum Gasteiger partial charge on any atom is 0.326 e. The molecule has 1 saturated carbocycles. The number of ether oxygens (including phenoxy) is 1. The minimum absolute atomic E-state index is 0.0550. The van der Waals surface area contributed by atoms with Gasteiger partial charge in [-0.2, -0.15) is 0 Å². The van der Waals surface area contributed by atoms with Gasteiger partial charge < -0.3 is 15.0 Å². The van der Waals surface area contributed by atoms with Crippen LogP contribution < -0.4 is 5.32 Å². The molecule has 1 N–H and O–H groups in total. The molecule has 2 aliphatic rings. The molecule has 122 valence electrons. The smallest absolute Gasteiger partial charge is 0.326 e. The van der Waals surface area contributed by atoms with E-state index >= 15 is 0 Å². The molecule has 1 aliphatic carbocycles. The molecule has 2 rings (SSSR count). The first-order valence-corrected chi connectivity index (χ1v) is 8.75. The Morgan fingerprint density at radius 1 is 1.29 bits per heavy atom. The molecule has 0 radical (unpaired) electrons. The average molecular weight is 296 g/mol. The highest BCUT2D eigenvalue weighted by atomic mass is 16.5. The van der Waals surface area contributed by atoms with E-state index in [0.29, 0.717) is 12.6 Å². The Hall–Kier alpha value is -0.610. The Labute approximate surface area is 129 Å². The number of likely N-dealkylation sites (tertiary alicyclic amines) is 1. The van der Waals surface area contributed by atoms with E-state index in [1.807, 2.05) is 14.0 Å². The largest absolute Gasteiger partial charge is 0.465 e. The fourth-order valence-electron chi connectivity index (χ4n) is 4.07. The Morgan fingerprint density at radius 2 is 2.00 bits per heavy atom. The predicted molar refractivity (Wildman–Crippen MR) is 85.3 cm³/mol. The van der Waals surface area contributed by atoms with Crippen molar-refractivity contribution in [2.75, 3.05) is 26.7 Å². The molecule has 0 bridgehead atoms. The van der Waals surface area contributed by atoms with Gasteiger partial charge in [-0.25, -0.2) is 0 Å². The highest BCUT2D eigenvalue weighted by Crippen LogP contribution is 2.34. The van der Waals surface area contributed by atoms with Crippen LogP contribution in [0.25, 0.3) is 0 Å². The zero-order valence-corrected chi connectivity index (χ0v) is 14.0. The third-order valence-electron chi connectivity index (χ3n) is 5.61. The molecule has 1 aliphatic heterocycles. The number of nitrogens with zero attached hydrogens (tertiary/aromatic N) is 1. The van der Waals surface area contributed by atoms with Crippen molar-refractivity contribution >= 4 is 5.97 Å². The van der Waals surface area contributed by atoms with Crippen LogP contribution in [0.5, 0.6) is 0 Å². The highest BCUT2D eigenvalue weighted by Gasteiger charge is 2.44. The quantitative estimate of drug-likeness (QED) is 0.792. The number of rotatable bonds is 5. The number of likely N-dealkylation sites (N-methyl/N-ethyl adjacent to an activating group) is 1. The number of carbonyl (C=O) groups excluding carboxylic acids is 1. The molecule has 2 unspecified atom stereocenters. The molecule has 0 spiro atoms. The monoisotopic (exact) mass is 296 g/mol. The van der Waals surface area contributed by atoms with Crippen LogP contribution in [0.2, 0.25) is 0 Å². The van der Waals surface area contributed by atoms with Gasteiger partial charge in [0.25, 0.3) is 0 Å². The van der Waals surface area contributed by atoms with Crippen molar-refractivity contribution in [3.63, 3.8) is 0 Å². The first kappa shape index (κ1) is 16.8. The van der Waals surface area contributed by atoms with Crippen molar-refractivity contribution < 1.29 is 9.53 Å². The number of carbonyl (C=O) groups is 1. The van der Waals surface area contributed by atoms with E-state index < -0.39 is 5.54 Å². The van der Waals surface area contributed by atoms with Gasteiger partial charge in [-0.1, -0.05) is 13.3 Å². The Bertz CT molecular complexity index is 340. The highest BCUT2D eigenvalue weighted by molar-refractivity contribution is 5.81. The zero-order valence-electron chi connectivity index (χ0n) is 14.0. The average Bonchev–Trinajstić information content (AvgIpc) is 2.55. The second kappa shape index (κ2) is 7.59. The van der Waals surface area contributed by atoms with Gasteiger partial charge in [0.05, 0.1) is 6.61 Å². The van der Waals surface area contributed by atoms with Crippen LogP contribution in [0.15, 0.2) is 0 Å². The molecule has 2 atom stereocenters. The number of piperidine rings is 1. The van der Waals surface area contributed by atoms with Crippen molar-refractivity contribution in [2.24, 2.45) is 5.92 Å². The maximum absolute atomic E-state index is 12.4. The van der Waals surface area contributed by atoms with Crippen LogP contribution in [0.1, 0.15) is 58.8 Å². The molecule has 0 aromatic carbocycles. The second-order valence-corrected chi connectivity index (χ2v) is 6.69. The van der Waals surface area contributed by atoms with Gasteiger partial charge in [0.1, 0.15) is 5.54 Å². The van der Waals surface area contributed by atoms with E-state index in [4.69, 9.17) is 4.74 Å². The van der Waals surface area contributed by atoms with Crippen LogP contribution in [0.3, 0.4) is 0 Å². The van der Waals surface area contributed by atoms with E-state index in [9.17, 15) is 4.79 Å². The van der Waals surface area contributed by atoms with Crippen LogP contribution in [-0.2, 0) is 9.53 Å². The fraction of sp³-hybridized carbons (Fsp3) is 0.941. The lowest BCUT2D eigenvalue weighted by Gasteiger charge is -2.45. The van der Waals surface area contributed by atoms with Gasteiger partial charge in [-0.3, -0.25) is 4.79 Å². The van der Waals surface area contributed by atoms with E-state index in [0.717, 1.165) is 25.2 Å². The third kappa shape index (κ3) is 3.78. The normalized spacial score (nSPS) is 32.0. The predicted octanol–water partition coefficient (Wildman–Crippen LogP) is 2.57. The van der Waals surface area contributed by atoms with E-state index in [1.165, 1.54) is 38.8 Å². The fourth-order valence-corrected chi connectivity index (χ4v) is 4.07. The van der Waals surface area contributed by atoms with Gasteiger partial charge in [-0.05, 0) is 71.5 Å². The maximum atomic E-state index is 12.4. The van der Waals surface area contributed by atoms with Gasteiger partial charge in [0, 0.05) is 6.04 Å². The number of hydrogen-bond acceptors (Lipinski definition) is 4. The van der Waals surface area contributed by atoms with Gasteiger partial charge in [-0.15, -0.1) is 0 Å². The molecule has 4 nitrogen and oxygen atoms in total. The van der Waals surface area contributed by atoms with Crippen molar-refractivity contribution in [3.05, 3.63) is 0 Å². The summed E-state index contributed by atoms with van der Waals surface area (Å²) < 4.78 is 5.33. The Kier molecular flexibility index (Phi) is 6.06. The van der Waals surface area contributed by atoms with Crippen LogP contribution >= 0.6 is 0 Å². The minimum atomic E-state index is -0.458. The summed E-state index contributed by atoms with van der Waals surface area (Å²) in [5, 5.41) is 3.29. The van der Waals surface area contributed by atoms with Crippen LogP contribution in [-0.4, -0.2) is 49.2 Å². The van der Waals surface area contributed by atoms with Crippen LogP contribution in [0.4, 0.5) is 0 Å². The van der Waals surface area contributed by atoms with Gasteiger partial charge >= 0.3 is 5.97 Å². The van der Waals surface area contributed by atoms with Crippen molar-refractivity contribution in [2.45, 2.75) is 70.4 Å². The van der Waals surface area contributed by atoms with Gasteiger partial charge in [0.2, 0.25) is 0 Å². The summed E-state index contributed by atoms with van der Waals surface area (Å²) in [6, 6.07) is 0.536. The number of nitrogens with one attached hydrogen (secondary N) is 1. The van der Waals surface area contributed by atoms with Crippen molar-refractivity contribution in [1.29, 1.82) is 0 Å². The summed E-state index contributed by atoms with van der Waals surface area (Å²) in [5.41, 5.74) is -0.458. The summed E-state index contributed by atoms with van der Waals surface area (Å²) in [6.45, 7) is 7.05. The molecular weight excluding hydrogens is 264 g/mol. The van der Waals surface area contributed by atoms with E-state index in [-0.39, 0.29) is 5.97 Å². The Morgan fingerprint density at radius 3 is 2.57 bits per heavy atom. The van der Waals surface area contributed by atoms with Gasteiger partial charge in [0.15, 0.2) is 0 Å². The zero-order chi connectivity index (χ0) is 15.3. The second-order valence-electron chi connectivity index (χ2n) is 6.69. The standard InChI is InChI=1S/C17H32N2O2/c1-4-14-8-11-19(12-9-14)15-7-6-10-17(13-15,18-3)16(20)21-5-2/h14-15,18H,4-13H2,1-3H3. The summed E-state index contributed by atoms with van der Waals surface area (Å²) in [4.78, 5) is 15.0. The molecular formula is C17H32N2O2. The summed E-state index contributed by atoms with van der Waals surface area (Å²) in [7, 11) is 1.91. The van der Waals surface area contributed by atoms with E-state index in [2.05, 4.69) is 17.1 Å². The van der Waals surface area contributed by atoms with E-state index in [1.54, 1.807) is 0 Å². The topological polar surface area (TPSA) is 41.6 Å². The lowest BCUT2D eigenvalue weighted by molar-refractivity contribution is -0.153. The molecule has 2 fully saturated rings. The SMILES string of the molecule is CCOC(=O)C1(NC)CCCC(N2CCC(CC)CC2)C1. The molecule has 1 heterocycles. The molecule has 0 amide bonds. The number of hydrogen-bond donors (Lipinski definition) is 1. The minimum Gasteiger partial charge on any atom is -0.465 e.